The maximum Gasteiger partial charge on any atom is 0.119 e. The number of benzene rings is 1. The van der Waals surface area contributed by atoms with Crippen molar-refractivity contribution >= 4 is 17.7 Å². The summed E-state index contributed by atoms with van der Waals surface area (Å²) >= 11 is 5.95. The molecule has 0 aromatic heterocycles. The van der Waals surface area contributed by atoms with Crippen LogP contribution in [-0.2, 0) is 6.42 Å². The molecule has 0 amide bonds. The van der Waals surface area contributed by atoms with E-state index in [0.717, 1.165) is 23.6 Å². The molecule has 0 saturated heterocycles. The first-order valence-electron chi connectivity index (χ1n) is 4.32. The lowest BCUT2D eigenvalue weighted by molar-refractivity contribution is 0.414. The van der Waals surface area contributed by atoms with Crippen LogP contribution in [0.1, 0.15) is 17.5 Å². The van der Waals surface area contributed by atoms with E-state index in [0.29, 0.717) is 0 Å². The number of allylic oxidation sites excluding steroid dienone is 1. The standard InChI is InChI=1S/C11H11ClO/c1-13-11-5-3-8-6-10(12)4-2-9(8)7-11/h3,5-7H,2,4H2,1H3. The Balaban J connectivity index is 2.43. The van der Waals surface area contributed by atoms with Crippen LogP contribution in [0.3, 0.4) is 0 Å². The van der Waals surface area contributed by atoms with Crippen LogP contribution in [-0.4, -0.2) is 7.11 Å². The van der Waals surface area contributed by atoms with Gasteiger partial charge < -0.3 is 4.74 Å². The summed E-state index contributed by atoms with van der Waals surface area (Å²) in [6.45, 7) is 0. The first-order valence-corrected chi connectivity index (χ1v) is 4.70. The number of rotatable bonds is 1. The molecule has 13 heavy (non-hydrogen) atoms. The third-order valence-corrected chi connectivity index (χ3v) is 2.59. The van der Waals surface area contributed by atoms with Crippen molar-refractivity contribution in [2.45, 2.75) is 12.8 Å². The Morgan fingerprint density at radius 2 is 2.15 bits per heavy atom. The third kappa shape index (κ3) is 1.70. The molecule has 0 N–H and O–H groups in total. The van der Waals surface area contributed by atoms with E-state index >= 15 is 0 Å². The second kappa shape index (κ2) is 3.43. The summed E-state index contributed by atoms with van der Waals surface area (Å²) in [6, 6.07) is 6.09. The second-order valence-electron chi connectivity index (χ2n) is 3.16. The Morgan fingerprint density at radius 3 is 2.92 bits per heavy atom. The summed E-state index contributed by atoms with van der Waals surface area (Å²) in [6.07, 6.45) is 3.99. The van der Waals surface area contributed by atoms with Crippen LogP contribution in [0.2, 0.25) is 0 Å². The fraction of sp³-hybridized carbons (Fsp3) is 0.273. The normalized spacial score (nSPS) is 14.8. The summed E-state index contributed by atoms with van der Waals surface area (Å²) in [5.41, 5.74) is 2.54. The molecular formula is C11H11ClO. The van der Waals surface area contributed by atoms with Crippen LogP contribution in [0.5, 0.6) is 5.75 Å². The van der Waals surface area contributed by atoms with Crippen LogP contribution in [0, 0.1) is 0 Å². The zero-order valence-electron chi connectivity index (χ0n) is 7.51. The molecule has 1 aromatic carbocycles. The monoisotopic (exact) mass is 194 g/mol. The Morgan fingerprint density at radius 1 is 1.31 bits per heavy atom. The molecule has 0 fully saturated rings. The predicted molar refractivity (Wildman–Crippen MR) is 55.1 cm³/mol. The minimum atomic E-state index is 0.921. The molecule has 1 aliphatic rings. The lowest BCUT2D eigenvalue weighted by Crippen LogP contribution is -1.97. The molecule has 68 valence electrons. The zero-order valence-corrected chi connectivity index (χ0v) is 8.27. The van der Waals surface area contributed by atoms with E-state index in [4.69, 9.17) is 16.3 Å². The molecule has 1 aliphatic carbocycles. The van der Waals surface area contributed by atoms with Crippen LogP contribution in [0.4, 0.5) is 0 Å². The third-order valence-electron chi connectivity index (χ3n) is 2.30. The Hall–Kier alpha value is -0.950. The van der Waals surface area contributed by atoms with Gasteiger partial charge in [0.15, 0.2) is 0 Å². The summed E-state index contributed by atoms with van der Waals surface area (Å²) in [4.78, 5) is 0. The van der Waals surface area contributed by atoms with Gasteiger partial charge in [-0.25, -0.2) is 0 Å². The highest BCUT2D eigenvalue weighted by atomic mass is 35.5. The van der Waals surface area contributed by atoms with Crippen molar-refractivity contribution in [2.24, 2.45) is 0 Å². The van der Waals surface area contributed by atoms with Crippen molar-refractivity contribution in [1.29, 1.82) is 0 Å². The first-order chi connectivity index (χ1) is 6.29. The number of aryl methyl sites for hydroxylation is 1. The lowest BCUT2D eigenvalue weighted by atomic mass is 9.97. The summed E-state index contributed by atoms with van der Waals surface area (Å²) < 4.78 is 5.15. The van der Waals surface area contributed by atoms with Gasteiger partial charge in [-0.15, -0.1) is 0 Å². The average molecular weight is 195 g/mol. The van der Waals surface area contributed by atoms with Crippen molar-refractivity contribution < 1.29 is 4.74 Å². The molecule has 1 aromatic rings. The van der Waals surface area contributed by atoms with E-state index < -0.39 is 0 Å². The van der Waals surface area contributed by atoms with Crippen LogP contribution in [0.25, 0.3) is 6.08 Å². The van der Waals surface area contributed by atoms with E-state index in [-0.39, 0.29) is 0 Å². The number of methoxy groups -OCH3 is 1. The highest BCUT2D eigenvalue weighted by Crippen LogP contribution is 2.28. The lowest BCUT2D eigenvalue weighted by Gasteiger charge is -2.13. The molecule has 2 rings (SSSR count). The molecule has 0 bridgehead atoms. The fourth-order valence-electron chi connectivity index (χ4n) is 1.56. The Kier molecular flexibility index (Phi) is 2.28. The van der Waals surface area contributed by atoms with Gasteiger partial charge in [-0.05, 0) is 42.2 Å². The molecule has 0 atom stereocenters. The second-order valence-corrected chi connectivity index (χ2v) is 3.64. The van der Waals surface area contributed by atoms with Gasteiger partial charge in [0.25, 0.3) is 0 Å². The fourth-order valence-corrected chi connectivity index (χ4v) is 1.77. The van der Waals surface area contributed by atoms with Crippen molar-refractivity contribution in [2.75, 3.05) is 7.11 Å². The quantitative estimate of drug-likeness (QED) is 0.667. The van der Waals surface area contributed by atoms with Gasteiger partial charge in [0.2, 0.25) is 0 Å². The van der Waals surface area contributed by atoms with Gasteiger partial charge in [-0.2, -0.15) is 0 Å². The highest BCUT2D eigenvalue weighted by Gasteiger charge is 2.09. The van der Waals surface area contributed by atoms with Gasteiger partial charge in [0, 0.05) is 5.03 Å². The molecule has 0 aliphatic heterocycles. The number of halogens is 1. The Bertz CT molecular complexity index is 355. The van der Waals surface area contributed by atoms with E-state index in [2.05, 4.69) is 12.1 Å². The average Bonchev–Trinajstić information content (AvgIpc) is 2.17. The molecule has 0 radical (unpaired) electrons. The molecule has 0 unspecified atom stereocenters. The number of fused-ring (bicyclic) bond motifs is 1. The van der Waals surface area contributed by atoms with E-state index in [1.807, 2.05) is 12.1 Å². The minimum Gasteiger partial charge on any atom is -0.497 e. The highest BCUT2D eigenvalue weighted by molar-refractivity contribution is 6.31. The maximum absolute atomic E-state index is 5.95. The van der Waals surface area contributed by atoms with E-state index in [9.17, 15) is 0 Å². The summed E-state index contributed by atoms with van der Waals surface area (Å²) in [7, 11) is 1.69. The van der Waals surface area contributed by atoms with Crippen LogP contribution in [0.15, 0.2) is 23.2 Å². The molecule has 2 heteroatoms. The van der Waals surface area contributed by atoms with Crippen LogP contribution >= 0.6 is 11.6 Å². The smallest absolute Gasteiger partial charge is 0.119 e. The van der Waals surface area contributed by atoms with Crippen molar-refractivity contribution in [3.63, 3.8) is 0 Å². The molecule has 0 saturated carbocycles. The summed E-state index contributed by atoms with van der Waals surface area (Å²) in [5, 5.41) is 0.942. The van der Waals surface area contributed by atoms with Gasteiger partial charge in [-0.3, -0.25) is 0 Å². The van der Waals surface area contributed by atoms with Gasteiger partial charge in [-0.1, -0.05) is 17.7 Å². The minimum absolute atomic E-state index is 0.921. The molecule has 0 spiro atoms. The molecule has 1 nitrogen and oxygen atoms in total. The number of ether oxygens (including phenoxy) is 1. The maximum atomic E-state index is 5.95. The predicted octanol–water partition coefficient (Wildman–Crippen LogP) is 3.22. The van der Waals surface area contributed by atoms with Gasteiger partial charge in [0.05, 0.1) is 7.11 Å². The largest absolute Gasteiger partial charge is 0.497 e. The van der Waals surface area contributed by atoms with Crippen LogP contribution < -0.4 is 4.74 Å². The van der Waals surface area contributed by atoms with Crippen molar-refractivity contribution in [1.82, 2.24) is 0 Å². The van der Waals surface area contributed by atoms with E-state index in [1.54, 1.807) is 7.11 Å². The summed E-state index contributed by atoms with van der Waals surface area (Å²) in [5.74, 6) is 0.921. The first kappa shape index (κ1) is 8.64. The van der Waals surface area contributed by atoms with Crippen molar-refractivity contribution in [3.05, 3.63) is 34.4 Å². The number of hydrogen-bond acceptors (Lipinski definition) is 1. The topological polar surface area (TPSA) is 9.23 Å². The van der Waals surface area contributed by atoms with Gasteiger partial charge >= 0.3 is 0 Å². The Labute approximate surface area is 83.0 Å². The number of hydrogen-bond donors (Lipinski definition) is 0. The SMILES string of the molecule is COc1ccc2c(c1)CCC(Cl)=C2. The zero-order chi connectivity index (χ0) is 9.26. The molecular weight excluding hydrogens is 184 g/mol. The molecule has 0 heterocycles. The van der Waals surface area contributed by atoms with E-state index in [1.165, 1.54) is 11.1 Å². The van der Waals surface area contributed by atoms with Crippen molar-refractivity contribution in [3.8, 4) is 5.75 Å². The van der Waals surface area contributed by atoms with Gasteiger partial charge in [0.1, 0.15) is 5.75 Å².